The van der Waals surface area contributed by atoms with E-state index in [0.717, 1.165) is 5.75 Å². The zero-order chi connectivity index (χ0) is 13.6. The third kappa shape index (κ3) is 3.41. The van der Waals surface area contributed by atoms with E-state index in [0.29, 0.717) is 12.5 Å². The molecule has 0 spiro atoms. The molecule has 1 saturated carbocycles. The van der Waals surface area contributed by atoms with Crippen molar-refractivity contribution in [2.24, 2.45) is 0 Å². The van der Waals surface area contributed by atoms with Gasteiger partial charge in [0, 0.05) is 0 Å². The topological polar surface area (TPSA) is 9.23 Å². The van der Waals surface area contributed by atoms with E-state index in [2.05, 4.69) is 42.8 Å². The monoisotopic (exact) mass is 265 g/mol. The van der Waals surface area contributed by atoms with Crippen molar-refractivity contribution in [3.05, 3.63) is 72.1 Å². The second-order valence-electron chi connectivity index (χ2n) is 5.47. The highest BCUT2D eigenvalue weighted by Crippen LogP contribution is 2.33. The van der Waals surface area contributed by atoms with Crippen LogP contribution in [0.4, 0.5) is 0 Å². The van der Waals surface area contributed by atoms with Gasteiger partial charge in [0.2, 0.25) is 0 Å². The van der Waals surface area contributed by atoms with Gasteiger partial charge in [-0.2, -0.15) is 0 Å². The average Bonchev–Trinajstić information content (AvgIpc) is 2.55. The van der Waals surface area contributed by atoms with E-state index in [-0.39, 0.29) is 0 Å². The number of benzene rings is 2. The van der Waals surface area contributed by atoms with E-state index in [1.807, 2.05) is 18.2 Å². The number of ether oxygens (including phenoxy) is 1. The van der Waals surface area contributed by atoms with Crippen molar-refractivity contribution in [3.63, 3.8) is 0 Å². The summed E-state index contributed by atoms with van der Waals surface area (Å²) in [5.74, 6) is 1.59. The van der Waals surface area contributed by atoms with Crippen molar-refractivity contribution < 1.29 is 4.74 Å². The molecule has 0 amide bonds. The van der Waals surface area contributed by atoms with E-state index in [1.54, 1.807) is 0 Å². The van der Waals surface area contributed by atoms with Crippen LogP contribution in [-0.2, 0) is 6.61 Å². The third-order valence-electron chi connectivity index (χ3n) is 3.96. The molecule has 1 nitrogen and oxygen atoms in total. The van der Waals surface area contributed by atoms with Gasteiger partial charge in [-0.1, -0.05) is 55.3 Å². The molecule has 1 fully saturated rings. The second-order valence-corrected chi connectivity index (χ2v) is 5.47. The van der Waals surface area contributed by atoms with Crippen LogP contribution in [0, 0.1) is 6.42 Å². The summed E-state index contributed by atoms with van der Waals surface area (Å²) in [5, 5.41) is 0. The summed E-state index contributed by atoms with van der Waals surface area (Å²) in [4.78, 5) is 0. The van der Waals surface area contributed by atoms with Crippen LogP contribution >= 0.6 is 0 Å². The molecule has 0 aliphatic heterocycles. The van der Waals surface area contributed by atoms with Crippen molar-refractivity contribution in [1.29, 1.82) is 0 Å². The highest BCUT2D eigenvalue weighted by Gasteiger charge is 2.15. The molecule has 20 heavy (non-hydrogen) atoms. The minimum atomic E-state index is 0.615. The molecule has 1 heteroatoms. The smallest absolute Gasteiger partial charge is 0.120 e. The molecule has 1 radical (unpaired) electrons. The summed E-state index contributed by atoms with van der Waals surface area (Å²) in [6.45, 7) is 0.638. The van der Waals surface area contributed by atoms with Crippen LogP contribution in [0.5, 0.6) is 5.75 Å². The summed E-state index contributed by atoms with van der Waals surface area (Å²) in [6.07, 6.45) is 7.68. The van der Waals surface area contributed by atoms with E-state index < -0.39 is 0 Å². The molecule has 3 rings (SSSR count). The van der Waals surface area contributed by atoms with Crippen LogP contribution in [0.1, 0.15) is 42.7 Å². The molecular formula is C19H21O. The fourth-order valence-electron chi connectivity index (χ4n) is 2.82. The predicted octanol–water partition coefficient (Wildman–Crippen LogP) is 5.13. The molecule has 2 aromatic carbocycles. The SMILES string of the molecule is [CH]1CCCC[C@@H]1c1cccc(OCc2ccccc2)c1. The van der Waals surface area contributed by atoms with Crippen molar-refractivity contribution in [2.75, 3.05) is 0 Å². The van der Waals surface area contributed by atoms with Gasteiger partial charge in [-0.15, -0.1) is 0 Å². The summed E-state index contributed by atoms with van der Waals surface area (Å²) < 4.78 is 5.91. The Labute approximate surface area is 121 Å². The van der Waals surface area contributed by atoms with Crippen molar-refractivity contribution in [3.8, 4) is 5.75 Å². The van der Waals surface area contributed by atoms with Crippen LogP contribution in [0.2, 0.25) is 0 Å². The zero-order valence-corrected chi connectivity index (χ0v) is 11.8. The maximum absolute atomic E-state index is 5.91. The first kappa shape index (κ1) is 13.2. The van der Waals surface area contributed by atoms with Gasteiger partial charge in [-0.3, -0.25) is 0 Å². The molecule has 0 aromatic heterocycles. The third-order valence-corrected chi connectivity index (χ3v) is 3.96. The number of hydrogen-bond donors (Lipinski definition) is 0. The lowest BCUT2D eigenvalue weighted by molar-refractivity contribution is 0.305. The van der Waals surface area contributed by atoms with Crippen LogP contribution in [-0.4, -0.2) is 0 Å². The Hall–Kier alpha value is -1.76. The van der Waals surface area contributed by atoms with E-state index >= 15 is 0 Å². The minimum absolute atomic E-state index is 0.615. The van der Waals surface area contributed by atoms with Gasteiger partial charge in [0.1, 0.15) is 12.4 Å². The summed E-state index contributed by atoms with van der Waals surface area (Å²) >= 11 is 0. The van der Waals surface area contributed by atoms with Crippen molar-refractivity contribution >= 4 is 0 Å². The van der Waals surface area contributed by atoms with E-state index in [9.17, 15) is 0 Å². The largest absolute Gasteiger partial charge is 0.489 e. The Kier molecular flexibility index (Phi) is 4.37. The Bertz CT molecular complexity index is 526. The Morgan fingerprint density at radius 3 is 2.65 bits per heavy atom. The van der Waals surface area contributed by atoms with E-state index in [1.165, 1.54) is 36.8 Å². The first-order valence-corrected chi connectivity index (χ1v) is 7.52. The fourth-order valence-corrected chi connectivity index (χ4v) is 2.82. The number of rotatable bonds is 4. The molecule has 0 bridgehead atoms. The standard InChI is InChI=1S/C19H21O/c1-3-8-16(9-4-1)15-20-19-13-7-12-18(14-19)17-10-5-2-6-11-17/h1,3-4,7-10,12-14,17H,2,5-6,11,15H2/t17-/m1/s1. The summed E-state index contributed by atoms with van der Waals surface area (Å²) in [6, 6.07) is 18.9. The molecule has 2 aromatic rings. The normalized spacial score (nSPS) is 16.0. The lowest BCUT2D eigenvalue weighted by Gasteiger charge is -2.22. The summed E-state index contributed by atoms with van der Waals surface area (Å²) in [7, 11) is 0. The zero-order valence-electron chi connectivity index (χ0n) is 11.8. The van der Waals surface area contributed by atoms with Gasteiger partial charge < -0.3 is 4.74 Å². The lowest BCUT2D eigenvalue weighted by atomic mass is 9.84. The molecule has 103 valence electrons. The maximum Gasteiger partial charge on any atom is 0.120 e. The van der Waals surface area contributed by atoms with Crippen molar-refractivity contribution in [2.45, 2.75) is 38.2 Å². The first-order valence-electron chi connectivity index (χ1n) is 7.52. The van der Waals surface area contributed by atoms with Gasteiger partial charge in [-0.25, -0.2) is 0 Å². The first-order chi connectivity index (χ1) is 9.92. The van der Waals surface area contributed by atoms with Gasteiger partial charge >= 0.3 is 0 Å². The van der Waals surface area contributed by atoms with Crippen LogP contribution < -0.4 is 4.74 Å². The van der Waals surface area contributed by atoms with E-state index in [4.69, 9.17) is 4.74 Å². The Morgan fingerprint density at radius 2 is 1.85 bits per heavy atom. The highest BCUT2D eigenvalue weighted by molar-refractivity contribution is 5.32. The molecule has 1 atom stereocenters. The average molecular weight is 265 g/mol. The molecule has 0 saturated heterocycles. The van der Waals surface area contributed by atoms with Gasteiger partial charge in [-0.05, 0) is 48.4 Å². The Morgan fingerprint density at radius 1 is 0.950 bits per heavy atom. The van der Waals surface area contributed by atoms with Gasteiger partial charge in [0.05, 0.1) is 0 Å². The minimum Gasteiger partial charge on any atom is -0.489 e. The Balaban J connectivity index is 1.65. The highest BCUT2D eigenvalue weighted by atomic mass is 16.5. The van der Waals surface area contributed by atoms with Crippen LogP contribution in [0.25, 0.3) is 0 Å². The molecule has 0 N–H and O–H groups in total. The predicted molar refractivity (Wildman–Crippen MR) is 82.7 cm³/mol. The second kappa shape index (κ2) is 6.60. The molecule has 1 aliphatic rings. The van der Waals surface area contributed by atoms with Gasteiger partial charge in [0.25, 0.3) is 0 Å². The molecular weight excluding hydrogens is 244 g/mol. The molecule has 0 unspecified atom stereocenters. The number of hydrogen-bond acceptors (Lipinski definition) is 1. The quantitative estimate of drug-likeness (QED) is 0.745. The fraction of sp³-hybridized carbons (Fsp3) is 0.316. The summed E-state index contributed by atoms with van der Waals surface area (Å²) in [5.41, 5.74) is 2.61. The maximum atomic E-state index is 5.91. The van der Waals surface area contributed by atoms with Gasteiger partial charge in [0.15, 0.2) is 0 Å². The molecule has 1 aliphatic carbocycles. The van der Waals surface area contributed by atoms with Crippen molar-refractivity contribution in [1.82, 2.24) is 0 Å². The van der Waals surface area contributed by atoms with Crippen LogP contribution in [0.3, 0.4) is 0 Å². The molecule has 0 heterocycles. The van der Waals surface area contributed by atoms with Crippen LogP contribution in [0.15, 0.2) is 54.6 Å². The lowest BCUT2D eigenvalue weighted by Crippen LogP contribution is -2.05.